The molecule has 1 unspecified atom stereocenters. The van der Waals surface area contributed by atoms with E-state index in [2.05, 4.69) is 24.3 Å². The highest BCUT2D eigenvalue weighted by Crippen LogP contribution is 2.39. The molecule has 1 atom stereocenters. The third kappa shape index (κ3) is 4.30. The minimum absolute atomic E-state index is 0.0136. The summed E-state index contributed by atoms with van der Waals surface area (Å²) in [5, 5.41) is 20.0. The zero-order valence-corrected chi connectivity index (χ0v) is 22.3. The van der Waals surface area contributed by atoms with Crippen LogP contribution in [0.2, 0.25) is 0 Å². The summed E-state index contributed by atoms with van der Waals surface area (Å²) in [4.78, 5) is 13.1. The average molecular weight is 539 g/mol. The van der Waals surface area contributed by atoms with Crippen molar-refractivity contribution in [1.29, 1.82) is 0 Å². The van der Waals surface area contributed by atoms with Crippen LogP contribution in [0, 0.1) is 0 Å². The maximum Gasteiger partial charge on any atom is 0.235 e. The summed E-state index contributed by atoms with van der Waals surface area (Å²) >= 11 is 0. The zero-order chi connectivity index (χ0) is 27.9. The number of aromatic hydroxyl groups is 1. The number of methoxy groups -OCH3 is 1. The highest BCUT2D eigenvalue weighted by molar-refractivity contribution is 6.05. The Labute approximate surface area is 236 Å². The van der Waals surface area contributed by atoms with Crippen LogP contribution in [0.25, 0.3) is 33.1 Å². The topological polar surface area (TPSA) is 75.3 Å². The Balaban J connectivity index is 1.30. The van der Waals surface area contributed by atoms with Crippen LogP contribution in [0.1, 0.15) is 23.6 Å². The molecule has 200 valence electrons. The van der Waals surface area contributed by atoms with Gasteiger partial charge in [0.1, 0.15) is 11.3 Å². The fourth-order valence-electron chi connectivity index (χ4n) is 5.51. The van der Waals surface area contributed by atoms with E-state index >= 15 is 0 Å². The van der Waals surface area contributed by atoms with Gasteiger partial charge in [-0.15, -0.1) is 0 Å². The molecule has 0 aliphatic carbocycles. The van der Waals surface area contributed by atoms with Gasteiger partial charge >= 0.3 is 0 Å². The first-order chi connectivity index (χ1) is 20.1. The molecule has 6 heteroatoms. The van der Waals surface area contributed by atoms with Gasteiger partial charge in [-0.25, -0.2) is 0 Å². The summed E-state index contributed by atoms with van der Waals surface area (Å²) in [5.41, 5.74) is 4.70. The van der Waals surface area contributed by atoms with Crippen molar-refractivity contribution in [2.75, 3.05) is 12.1 Å². The van der Waals surface area contributed by atoms with Crippen LogP contribution < -0.4 is 15.2 Å². The smallest absolute Gasteiger partial charge is 0.235 e. The van der Waals surface area contributed by atoms with Crippen molar-refractivity contribution in [3.8, 4) is 22.8 Å². The standard InChI is InChI=1S/C35H26N2O4/c1-40-27-18-13-24(14-19-27)31-21-30(23-8-3-2-4-9-23)36-37(31)26-16-11-25(12-17-26)34-33(39)32(38)29-20-15-22-7-5-6-10-28(22)35(29)41-34/h2-20,31,39H,21H2,1H3. The molecule has 0 fully saturated rings. The Bertz CT molecular complexity index is 1980. The Hall–Kier alpha value is -5.36. The molecule has 41 heavy (non-hydrogen) atoms. The first kappa shape index (κ1) is 24.7. The Morgan fingerprint density at radius 1 is 0.805 bits per heavy atom. The predicted octanol–water partition coefficient (Wildman–Crippen LogP) is 7.68. The molecule has 6 nitrogen and oxygen atoms in total. The number of hydrogen-bond donors (Lipinski definition) is 1. The van der Waals surface area contributed by atoms with Gasteiger partial charge in [-0.3, -0.25) is 9.80 Å². The van der Waals surface area contributed by atoms with E-state index in [1.807, 2.05) is 89.9 Å². The van der Waals surface area contributed by atoms with E-state index in [0.29, 0.717) is 16.5 Å². The number of hydrogen-bond acceptors (Lipinski definition) is 6. The Kier molecular flexibility index (Phi) is 6.01. The number of rotatable bonds is 5. The van der Waals surface area contributed by atoms with Crippen LogP contribution in [0.4, 0.5) is 5.69 Å². The summed E-state index contributed by atoms with van der Waals surface area (Å²) in [5.74, 6) is 0.547. The number of hydrazone groups is 1. The molecule has 7 rings (SSSR count). The van der Waals surface area contributed by atoms with Crippen LogP contribution in [-0.2, 0) is 0 Å². The summed E-state index contributed by atoms with van der Waals surface area (Å²) in [6.07, 6.45) is 0.742. The lowest BCUT2D eigenvalue weighted by Crippen LogP contribution is -2.18. The van der Waals surface area contributed by atoms with Crippen molar-refractivity contribution < 1.29 is 14.3 Å². The number of anilines is 1. The molecule has 0 saturated heterocycles. The van der Waals surface area contributed by atoms with Crippen LogP contribution in [-0.4, -0.2) is 17.9 Å². The Morgan fingerprint density at radius 3 is 2.29 bits per heavy atom. The summed E-state index contributed by atoms with van der Waals surface area (Å²) in [6, 6.07) is 37.1. The van der Waals surface area contributed by atoms with Crippen LogP contribution in [0.3, 0.4) is 0 Å². The van der Waals surface area contributed by atoms with E-state index in [-0.39, 0.29) is 11.8 Å². The van der Waals surface area contributed by atoms with E-state index in [1.165, 1.54) is 0 Å². The molecule has 5 aromatic carbocycles. The molecule has 1 aliphatic rings. The lowest BCUT2D eigenvalue weighted by atomic mass is 9.98. The van der Waals surface area contributed by atoms with E-state index in [9.17, 15) is 9.90 Å². The first-order valence-corrected chi connectivity index (χ1v) is 13.4. The van der Waals surface area contributed by atoms with E-state index in [1.54, 1.807) is 13.2 Å². The molecular weight excluding hydrogens is 512 g/mol. The van der Waals surface area contributed by atoms with Gasteiger partial charge in [-0.2, -0.15) is 5.10 Å². The highest BCUT2D eigenvalue weighted by Gasteiger charge is 2.30. The maximum absolute atomic E-state index is 13.1. The van der Waals surface area contributed by atoms with Gasteiger partial charge in [0.15, 0.2) is 5.76 Å². The molecule has 0 saturated carbocycles. The van der Waals surface area contributed by atoms with Crippen LogP contribution in [0.15, 0.2) is 130 Å². The molecule has 0 bridgehead atoms. The molecule has 1 N–H and O–H groups in total. The van der Waals surface area contributed by atoms with Crippen molar-refractivity contribution in [2.24, 2.45) is 5.10 Å². The third-order valence-electron chi connectivity index (χ3n) is 7.67. The number of ether oxygens (including phenoxy) is 1. The fourth-order valence-corrected chi connectivity index (χ4v) is 5.51. The third-order valence-corrected chi connectivity index (χ3v) is 7.67. The first-order valence-electron chi connectivity index (χ1n) is 13.4. The van der Waals surface area contributed by atoms with Crippen molar-refractivity contribution in [3.63, 3.8) is 0 Å². The van der Waals surface area contributed by atoms with E-state index in [4.69, 9.17) is 14.3 Å². The lowest BCUT2D eigenvalue weighted by molar-refractivity contribution is 0.414. The quantitative estimate of drug-likeness (QED) is 0.228. The van der Waals surface area contributed by atoms with Crippen molar-refractivity contribution >= 4 is 33.1 Å². The van der Waals surface area contributed by atoms with Gasteiger partial charge in [0.2, 0.25) is 11.2 Å². The number of fused-ring (bicyclic) bond motifs is 3. The van der Waals surface area contributed by atoms with Crippen molar-refractivity contribution in [2.45, 2.75) is 12.5 Å². The van der Waals surface area contributed by atoms with Crippen LogP contribution in [0.5, 0.6) is 11.5 Å². The van der Waals surface area contributed by atoms with Gasteiger partial charge in [-0.05, 0) is 59.0 Å². The summed E-state index contributed by atoms with van der Waals surface area (Å²) in [7, 11) is 1.66. The summed E-state index contributed by atoms with van der Waals surface area (Å²) < 4.78 is 11.6. The Morgan fingerprint density at radius 2 is 1.54 bits per heavy atom. The molecule has 0 radical (unpaired) electrons. The minimum Gasteiger partial charge on any atom is -0.502 e. The van der Waals surface area contributed by atoms with Gasteiger partial charge in [-0.1, -0.05) is 72.8 Å². The molecule has 1 aliphatic heterocycles. The van der Waals surface area contributed by atoms with Crippen molar-refractivity contribution in [3.05, 3.63) is 137 Å². The number of nitrogens with zero attached hydrogens (tertiary/aromatic N) is 2. The highest BCUT2D eigenvalue weighted by atomic mass is 16.5. The second kappa shape index (κ2) is 9.99. The molecule has 6 aromatic rings. The molecule has 0 spiro atoms. The van der Waals surface area contributed by atoms with Gasteiger partial charge < -0.3 is 14.3 Å². The molecule has 0 amide bonds. The van der Waals surface area contributed by atoms with Gasteiger partial charge in [0.25, 0.3) is 0 Å². The maximum atomic E-state index is 13.1. The zero-order valence-electron chi connectivity index (χ0n) is 22.3. The van der Waals surface area contributed by atoms with Gasteiger partial charge in [0, 0.05) is 17.4 Å². The lowest BCUT2D eigenvalue weighted by Gasteiger charge is -2.24. The van der Waals surface area contributed by atoms with Crippen LogP contribution >= 0.6 is 0 Å². The molecular formula is C35H26N2O4. The second-order valence-corrected chi connectivity index (χ2v) is 10.1. The largest absolute Gasteiger partial charge is 0.502 e. The predicted molar refractivity (Wildman–Crippen MR) is 163 cm³/mol. The van der Waals surface area contributed by atoms with E-state index in [0.717, 1.165) is 45.5 Å². The minimum atomic E-state index is -0.452. The summed E-state index contributed by atoms with van der Waals surface area (Å²) in [6.45, 7) is 0. The molecule has 1 aromatic heterocycles. The molecule has 2 heterocycles. The SMILES string of the molecule is COc1ccc(C2CC(c3ccccc3)=NN2c2ccc(-c3oc4c(ccc5ccccc54)c(=O)c3O)cc2)cc1. The fraction of sp³-hybridized carbons (Fsp3) is 0.0857. The monoisotopic (exact) mass is 538 g/mol. The van der Waals surface area contributed by atoms with Gasteiger partial charge in [0.05, 0.1) is 29.9 Å². The van der Waals surface area contributed by atoms with E-state index < -0.39 is 11.2 Å². The number of benzene rings is 5. The second-order valence-electron chi connectivity index (χ2n) is 10.1. The normalized spacial score (nSPS) is 14.9. The average Bonchev–Trinajstić information content (AvgIpc) is 3.49. The van der Waals surface area contributed by atoms with Crippen molar-refractivity contribution in [1.82, 2.24) is 0 Å².